The van der Waals surface area contributed by atoms with Crippen LogP contribution in [0.25, 0.3) is 0 Å². The van der Waals surface area contributed by atoms with Crippen LogP contribution in [0.15, 0.2) is 24.3 Å². The van der Waals surface area contributed by atoms with Gasteiger partial charge < -0.3 is 5.32 Å². The molecule has 1 aliphatic rings. The van der Waals surface area contributed by atoms with Gasteiger partial charge in [-0.15, -0.1) is 0 Å². The zero-order valence-corrected chi connectivity index (χ0v) is 10.7. The molecule has 0 aromatic heterocycles. The molecule has 1 aromatic rings. The Kier molecular flexibility index (Phi) is 3.81. The molecule has 5 nitrogen and oxygen atoms in total. The largest absolute Gasteiger partial charge is 0.337 e. The van der Waals surface area contributed by atoms with E-state index in [0.717, 1.165) is 11.3 Å². The van der Waals surface area contributed by atoms with Crippen LogP contribution in [-0.2, 0) is 4.79 Å². The Morgan fingerprint density at radius 2 is 2.26 bits per heavy atom. The summed E-state index contributed by atoms with van der Waals surface area (Å²) >= 11 is 0. The molecule has 1 saturated heterocycles. The second kappa shape index (κ2) is 5.53. The minimum absolute atomic E-state index is 0.167. The van der Waals surface area contributed by atoms with Crippen molar-refractivity contribution in [2.45, 2.75) is 19.8 Å². The van der Waals surface area contributed by atoms with E-state index in [-0.39, 0.29) is 11.8 Å². The van der Waals surface area contributed by atoms with Crippen LogP contribution in [0.3, 0.4) is 0 Å². The van der Waals surface area contributed by atoms with E-state index in [1.54, 1.807) is 24.3 Å². The molecular weight excluding hydrogens is 242 g/mol. The molecule has 0 saturated carbocycles. The zero-order valence-electron chi connectivity index (χ0n) is 10.7. The van der Waals surface area contributed by atoms with Gasteiger partial charge in [-0.1, -0.05) is 19.4 Å². The van der Waals surface area contributed by atoms with Gasteiger partial charge in [0.15, 0.2) is 0 Å². The molecule has 1 atom stereocenters. The molecule has 0 spiro atoms. The van der Waals surface area contributed by atoms with Crippen LogP contribution in [0, 0.1) is 17.2 Å². The average Bonchev–Trinajstić information content (AvgIpc) is 2.57. The Balaban J connectivity index is 2.33. The van der Waals surface area contributed by atoms with Gasteiger partial charge in [0.25, 0.3) is 0 Å². The summed E-state index contributed by atoms with van der Waals surface area (Å²) in [5, 5.41) is 11.6. The third-order valence-electron chi connectivity index (χ3n) is 3.27. The first-order valence-corrected chi connectivity index (χ1v) is 6.26. The number of nitrogens with one attached hydrogen (secondary N) is 1. The van der Waals surface area contributed by atoms with Crippen molar-refractivity contribution in [2.24, 2.45) is 5.92 Å². The zero-order chi connectivity index (χ0) is 13.8. The van der Waals surface area contributed by atoms with Crippen molar-refractivity contribution in [3.8, 4) is 6.07 Å². The van der Waals surface area contributed by atoms with Crippen molar-refractivity contribution in [1.82, 2.24) is 5.32 Å². The Morgan fingerprint density at radius 1 is 1.47 bits per heavy atom. The van der Waals surface area contributed by atoms with Gasteiger partial charge in [-0.3, -0.25) is 4.79 Å². The maximum atomic E-state index is 12.2. The summed E-state index contributed by atoms with van der Waals surface area (Å²) in [6.07, 6.45) is 1.18. The minimum Gasteiger partial charge on any atom is -0.337 e. The number of nitrogens with zero attached hydrogens (tertiary/aromatic N) is 2. The molecule has 1 unspecified atom stereocenters. The highest BCUT2D eigenvalue weighted by molar-refractivity contribution is 6.14. The number of carbonyl (C=O) groups is 2. The Labute approximate surface area is 111 Å². The van der Waals surface area contributed by atoms with E-state index in [4.69, 9.17) is 5.26 Å². The minimum atomic E-state index is -0.420. The number of imide groups is 1. The summed E-state index contributed by atoms with van der Waals surface area (Å²) in [4.78, 5) is 25.3. The van der Waals surface area contributed by atoms with Gasteiger partial charge in [-0.2, -0.15) is 5.26 Å². The Hall–Kier alpha value is -2.35. The number of rotatable bonds is 2. The highest BCUT2D eigenvalue weighted by Gasteiger charge is 2.29. The van der Waals surface area contributed by atoms with Gasteiger partial charge in [0.2, 0.25) is 5.91 Å². The van der Waals surface area contributed by atoms with Crippen molar-refractivity contribution in [2.75, 3.05) is 11.4 Å². The molecule has 1 fully saturated rings. The van der Waals surface area contributed by atoms with E-state index >= 15 is 0 Å². The molecular formula is C14H15N3O2. The lowest BCUT2D eigenvalue weighted by Crippen LogP contribution is -2.41. The topological polar surface area (TPSA) is 73.2 Å². The number of amides is 3. The van der Waals surface area contributed by atoms with Crippen LogP contribution in [-0.4, -0.2) is 18.5 Å². The van der Waals surface area contributed by atoms with E-state index in [1.165, 1.54) is 0 Å². The van der Waals surface area contributed by atoms with E-state index in [0.29, 0.717) is 24.2 Å². The number of hydrogen-bond acceptors (Lipinski definition) is 3. The van der Waals surface area contributed by atoms with E-state index in [2.05, 4.69) is 5.32 Å². The first-order valence-electron chi connectivity index (χ1n) is 6.26. The fraction of sp³-hybridized carbons (Fsp3) is 0.357. The Morgan fingerprint density at radius 3 is 2.95 bits per heavy atom. The molecule has 1 aliphatic heterocycles. The number of hydrogen-bond donors (Lipinski definition) is 1. The van der Waals surface area contributed by atoms with E-state index in [1.807, 2.05) is 13.0 Å². The molecule has 2 rings (SSSR count). The van der Waals surface area contributed by atoms with Crippen molar-refractivity contribution in [3.05, 3.63) is 29.8 Å². The van der Waals surface area contributed by atoms with Crippen LogP contribution < -0.4 is 10.2 Å². The highest BCUT2D eigenvalue weighted by Crippen LogP contribution is 2.21. The first kappa shape index (κ1) is 13.1. The summed E-state index contributed by atoms with van der Waals surface area (Å²) in [5.41, 5.74) is 0.868. The van der Waals surface area contributed by atoms with Crippen LogP contribution in [0.5, 0.6) is 0 Å². The summed E-state index contributed by atoms with van der Waals surface area (Å²) in [6, 6.07) is 8.09. The quantitative estimate of drug-likeness (QED) is 0.881. The highest BCUT2D eigenvalue weighted by atomic mass is 16.2. The van der Waals surface area contributed by atoms with Crippen molar-refractivity contribution in [1.29, 1.82) is 5.26 Å². The fourth-order valence-corrected chi connectivity index (χ4v) is 2.10. The summed E-state index contributed by atoms with van der Waals surface area (Å²) in [5.74, 6) is -0.0578. The van der Waals surface area contributed by atoms with E-state index < -0.39 is 6.03 Å². The number of carbonyl (C=O) groups excluding carboxylic acids is 2. The lowest BCUT2D eigenvalue weighted by Gasteiger charge is -2.18. The molecule has 1 aromatic carbocycles. The maximum absolute atomic E-state index is 12.2. The summed E-state index contributed by atoms with van der Waals surface area (Å²) in [6.45, 7) is 2.51. The predicted octanol–water partition coefficient (Wildman–Crippen LogP) is 2.03. The maximum Gasteiger partial charge on any atom is 0.328 e. The van der Waals surface area contributed by atoms with Gasteiger partial charge in [0.1, 0.15) is 0 Å². The number of nitriles is 1. The normalized spacial score (nSPS) is 19.6. The standard InChI is InChI=1S/C14H15N3O2/c1-2-10-7-13(18)17(14(19)16-9-10)12-5-3-4-11(6-12)8-15/h3-6,10H,2,7,9H2,1H3,(H,16,19). The molecule has 0 aliphatic carbocycles. The van der Waals surface area contributed by atoms with Gasteiger partial charge in [0, 0.05) is 13.0 Å². The molecule has 0 bridgehead atoms. The second-order valence-electron chi connectivity index (χ2n) is 4.56. The van der Waals surface area contributed by atoms with Crippen LogP contribution in [0.4, 0.5) is 10.5 Å². The molecule has 0 radical (unpaired) electrons. The molecule has 3 amide bonds. The summed E-state index contributed by atoms with van der Waals surface area (Å²) < 4.78 is 0. The van der Waals surface area contributed by atoms with Crippen LogP contribution in [0.2, 0.25) is 0 Å². The monoisotopic (exact) mass is 257 g/mol. The molecule has 19 heavy (non-hydrogen) atoms. The van der Waals surface area contributed by atoms with Crippen molar-refractivity contribution < 1.29 is 9.59 Å². The number of anilines is 1. The lowest BCUT2D eigenvalue weighted by molar-refractivity contribution is -0.118. The molecule has 5 heteroatoms. The second-order valence-corrected chi connectivity index (χ2v) is 4.56. The average molecular weight is 257 g/mol. The Bertz CT molecular complexity index is 548. The van der Waals surface area contributed by atoms with Crippen molar-refractivity contribution >= 4 is 17.6 Å². The van der Waals surface area contributed by atoms with E-state index in [9.17, 15) is 9.59 Å². The lowest BCUT2D eigenvalue weighted by atomic mass is 10.0. The fourth-order valence-electron chi connectivity index (χ4n) is 2.10. The molecule has 1 heterocycles. The SMILES string of the molecule is CCC1CNC(=O)N(c2cccc(C#N)c2)C(=O)C1. The smallest absolute Gasteiger partial charge is 0.328 e. The summed E-state index contributed by atoms with van der Waals surface area (Å²) in [7, 11) is 0. The third kappa shape index (κ3) is 2.74. The molecule has 98 valence electrons. The van der Waals surface area contributed by atoms with Gasteiger partial charge in [-0.05, 0) is 24.1 Å². The van der Waals surface area contributed by atoms with Gasteiger partial charge in [-0.25, -0.2) is 9.69 Å². The van der Waals surface area contributed by atoms with Gasteiger partial charge in [0.05, 0.1) is 17.3 Å². The van der Waals surface area contributed by atoms with Gasteiger partial charge >= 0.3 is 6.03 Å². The predicted molar refractivity (Wildman–Crippen MR) is 70.4 cm³/mol. The van der Waals surface area contributed by atoms with Crippen LogP contribution in [0.1, 0.15) is 25.3 Å². The number of urea groups is 1. The third-order valence-corrected chi connectivity index (χ3v) is 3.27. The van der Waals surface area contributed by atoms with Crippen LogP contribution >= 0.6 is 0 Å². The first-order chi connectivity index (χ1) is 9.15. The number of benzene rings is 1. The van der Waals surface area contributed by atoms with Crippen molar-refractivity contribution in [3.63, 3.8) is 0 Å². The molecule has 1 N–H and O–H groups in total.